The Balaban J connectivity index is 2.68. The predicted molar refractivity (Wildman–Crippen MR) is 60.7 cm³/mol. The SMILES string of the molecule is Cc1nn(C)c(N)c1-c1ccsc1Cl. The Morgan fingerprint density at radius 1 is 1.57 bits per heavy atom. The Hall–Kier alpha value is -1.00. The number of halogens is 1. The van der Waals surface area contributed by atoms with Gasteiger partial charge in [-0.25, -0.2) is 0 Å². The summed E-state index contributed by atoms with van der Waals surface area (Å²) in [7, 11) is 1.83. The zero-order chi connectivity index (χ0) is 10.3. The molecule has 2 rings (SSSR count). The smallest absolute Gasteiger partial charge is 0.129 e. The van der Waals surface area contributed by atoms with Crippen molar-refractivity contribution >= 4 is 28.8 Å². The molecule has 2 N–H and O–H groups in total. The van der Waals surface area contributed by atoms with Gasteiger partial charge in [0.05, 0.1) is 5.69 Å². The third-order valence-electron chi connectivity index (χ3n) is 2.15. The molecule has 0 aliphatic rings. The molecule has 0 aromatic carbocycles. The highest BCUT2D eigenvalue weighted by Crippen LogP contribution is 2.37. The molecule has 0 spiro atoms. The first-order valence-corrected chi connectivity index (χ1v) is 5.39. The topological polar surface area (TPSA) is 43.8 Å². The van der Waals surface area contributed by atoms with Gasteiger partial charge in [0.15, 0.2) is 0 Å². The lowest BCUT2D eigenvalue weighted by Crippen LogP contribution is -1.97. The molecule has 0 aliphatic carbocycles. The van der Waals surface area contributed by atoms with E-state index in [2.05, 4.69) is 5.10 Å². The average Bonchev–Trinajstić information content (AvgIpc) is 2.60. The number of rotatable bonds is 1. The molecule has 5 heteroatoms. The van der Waals surface area contributed by atoms with E-state index in [1.54, 1.807) is 4.68 Å². The Bertz CT molecular complexity index is 472. The van der Waals surface area contributed by atoms with Crippen molar-refractivity contribution in [1.82, 2.24) is 9.78 Å². The number of nitrogens with two attached hydrogens (primary N) is 1. The van der Waals surface area contributed by atoms with Gasteiger partial charge < -0.3 is 5.73 Å². The van der Waals surface area contributed by atoms with E-state index in [0.29, 0.717) is 5.82 Å². The van der Waals surface area contributed by atoms with Gasteiger partial charge in [-0.2, -0.15) is 5.10 Å². The predicted octanol–water partition coefficient (Wildman–Crippen LogP) is 2.69. The van der Waals surface area contributed by atoms with Crippen molar-refractivity contribution in [2.24, 2.45) is 7.05 Å². The molecule has 14 heavy (non-hydrogen) atoms. The fourth-order valence-electron chi connectivity index (χ4n) is 1.48. The van der Waals surface area contributed by atoms with Gasteiger partial charge in [-0.1, -0.05) is 11.6 Å². The van der Waals surface area contributed by atoms with Crippen molar-refractivity contribution in [2.75, 3.05) is 5.73 Å². The summed E-state index contributed by atoms with van der Waals surface area (Å²) in [5.41, 5.74) is 8.73. The van der Waals surface area contributed by atoms with Crippen LogP contribution in [0.1, 0.15) is 5.69 Å². The van der Waals surface area contributed by atoms with Crippen LogP contribution in [0.4, 0.5) is 5.82 Å². The standard InChI is InChI=1S/C9H10ClN3S/c1-5-7(9(11)13(2)12-5)6-3-4-14-8(6)10/h3-4H,11H2,1-2H3. The van der Waals surface area contributed by atoms with Crippen LogP contribution < -0.4 is 5.73 Å². The van der Waals surface area contributed by atoms with Crippen LogP contribution in [0, 0.1) is 6.92 Å². The molecule has 0 amide bonds. The summed E-state index contributed by atoms with van der Waals surface area (Å²) < 4.78 is 2.42. The first-order valence-electron chi connectivity index (χ1n) is 4.13. The first kappa shape index (κ1) is 9.55. The molecule has 0 saturated carbocycles. The average molecular weight is 228 g/mol. The highest BCUT2D eigenvalue weighted by Gasteiger charge is 2.15. The molecule has 0 atom stereocenters. The molecule has 2 aromatic rings. The number of aromatic nitrogens is 2. The summed E-state index contributed by atoms with van der Waals surface area (Å²) in [6, 6.07) is 1.97. The van der Waals surface area contributed by atoms with Crippen molar-refractivity contribution in [3.05, 3.63) is 21.5 Å². The first-order chi connectivity index (χ1) is 6.61. The van der Waals surface area contributed by atoms with Gasteiger partial charge in [-0.05, 0) is 18.4 Å². The van der Waals surface area contributed by atoms with Gasteiger partial charge in [-0.15, -0.1) is 11.3 Å². The Morgan fingerprint density at radius 2 is 2.29 bits per heavy atom. The van der Waals surface area contributed by atoms with Crippen molar-refractivity contribution in [2.45, 2.75) is 6.92 Å². The zero-order valence-electron chi connectivity index (χ0n) is 7.91. The highest BCUT2D eigenvalue weighted by molar-refractivity contribution is 7.15. The summed E-state index contributed by atoms with van der Waals surface area (Å²) in [6.45, 7) is 1.93. The lowest BCUT2D eigenvalue weighted by molar-refractivity contribution is 0.767. The molecule has 3 nitrogen and oxygen atoms in total. The Kier molecular flexibility index (Phi) is 2.25. The molecule has 2 heterocycles. The molecule has 74 valence electrons. The molecule has 0 unspecified atom stereocenters. The quantitative estimate of drug-likeness (QED) is 0.814. The number of nitrogens with zero attached hydrogens (tertiary/aromatic N) is 2. The van der Waals surface area contributed by atoms with E-state index in [1.165, 1.54) is 11.3 Å². The van der Waals surface area contributed by atoms with Crippen LogP contribution in [-0.4, -0.2) is 9.78 Å². The number of anilines is 1. The van der Waals surface area contributed by atoms with Crippen LogP contribution in [0.3, 0.4) is 0 Å². The van der Waals surface area contributed by atoms with E-state index >= 15 is 0 Å². The second-order valence-electron chi connectivity index (χ2n) is 3.08. The summed E-state index contributed by atoms with van der Waals surface area (Å²) in [5, 5.41) is 6.19. The molecule has 0 bridgehead atoms. The Morgan fingerprint density at radius 3 is 2.71 bits per heavy atom. The third-order valence-corrected chi connectivity index (χ3v) is 3.32. The molecular weight excluding hydrogens is 218 g/mol. The minimum atomic E-state index is 0.655. The lowest BCUT2D eigenvalue weighted by Gasteiger charge is -1.99. The maximum absolute atomic E-state index is 6.05. The second-order valence-corrected chi connectivity index (χ2v) is 4.60. The van der Waals surface area contributed by atoms with Crippen molar-refractivity contribution in [3.63, 3.8) is 0 Å². The van der Waals surface area contributed by atoms with Crippen LogP contribution >= 0.6 is 22.9 Å². The molecule has 0 fully saturated rings. The molecule has 0 radical (unpaired) electrons. The van der Waals surface area contributed by atoms with Crippen molar-refractivity contribution in [1.29, 1.82) is 0 Å². The van der Waals surface area contributed by atoms with Gasteiger partial charge in [-0.3, -0.25) is 4.68 Å². The molecule has 2 aromatic heterocycles. The van der Waals surface area contributed by atoms with Crippen LogP contribution in [0.2, 0.25) is 4.34 Å². The van der Waals surface area contributed by atoms with Crippen LogP contribution in [0.5, 0.6) is 0 Å². The van der Waals surface area contributed by atoms with Crippen LogP contribution in [-0.2, 0) is 7.05 Å². The maximum Gasteiger partial charge on any atom is 0.129 e. The fraction of sp³-hybridized carbons (Fsp3) is 0.222. The Labute approximate surface area is 91.1 Å². The molecule has 0 saturated heterocycles. The minimum Gasteiger partial charge on any atom is -0.383 e. The number of nitrogen functional groups attached to an aromatic ring is 1. The van der Waals surface area contributed by atoms with E-state index in [9.17, 15) is 0 Å². The van der Waals surface area contributed by atoms with Crippen molar-refractivity contribution in [3.8, 4) is 11.1 Å². The number of hydrogen-bond acceptors (Lipinski definition) is 3. The summed E-state index contributed by atoms with van der Waals surface area (Å²) in [4.78, 5) is 0. The number of thiophene rings is 1. The van der Waals surface area contributed by atoms with Gasteiger partial charge >= 0.3 is 0 Å². The highest BCUT2D eigenvalue weighted by atomic mass is 35.5. The summed E-state index contributed by atoms with van der Waals surface area (Å²) >= 11 is 7.55. The molecule has 0 aliphatic heterocycles. The normalized spacial score (nSPS) is 10.8. The monoisotopic (exact) mass is 227 g/mol. The summed E-state index contributed by atoms with van der Waals surface area (Å²) in [6.07, 6.45) is 0. The minimum absolute atomic E-state index is 0.655. The second kappa shape index (κ2) is 3.29. The summed E-state index contributed by atoms with van der Waals surface area (Å²) in [5.74, 6) is 0.655. The lowest BCUT2D eigenvalue weighted by atomic mass is 10.1. The van der Waals surface area contributed by atoms with Gasteiger partial charge in [0.25, 0.3) is 0 Å². The van der Waals surface area contributed by atoms with E-state index in [4.69, 9.17) is 17.3 Å². The fourth-order valence-corrected chi connectivity index (χ4v) is 2.41. The number of aryl methyl sites for hydroxylation is 2. The maximum atomic E-state index is 6.05. The van der Waals surface area contributed by atoms with Crippen LogP contribution in [0.25, 0.3) is 11.1 Å². The van der Waals surface area contributed by atoms with Gasteiger partial charge in [0.1, 0.15) is 10.2 Å². The zero-order valence-corrected chi connectivity index (χ0v) is 9.49. The van der Waals surface area contributed by atoms with E-state index in [-0.39, 0.29) is 0 Å². The van der Waals surface area contributed by atoms with Crippen molar-refractivity contribution < 1.29 is 0 Å². The molecular formula is C9H10ClN3S. The number of hydrogen-bond donors (Lipinski definition) is 1. The largest absolute Gasteiger partial charge is 0.383 e. The van der Waals surface area contributed by atoms with Gasteiger partial charge in [0, 0.05) is 18.2 Å². The third kappa shape index (κ3) is 1.31. The van der Waals surface area contributed by atoms with Gasteiger partial charge in [0.2, 0.25) is 0 Å². The van der Waals surface area contributed by atoms with Crippen LogP contribution in [0.15, 0.2) is 11.4 Å². The van der Waals surface area contributed by atoms with E-state index < -0.39 is 0 Å². The van der Waals surface area contributed by atoms with E-state index in [1.807, 2.05) is 25.4 Å². The van der Waals surface area contributed by atoms with E-state index in [0.717, 1.165) is 21.2 Å².